The van der Waals surface area contributed by atoms with Crippen LogP contribution in [0.3, 0.4) is 0 Å². The Morgan fingerprint density at radius 2 is 2.50 bits per heavy atom. The summed E-state index contributed by atoms with van der Waals surface area (Å²) in [6.45, 7) is 3.90. The van der Waals surface area contributed by atoms with Crippen LogP contribution >= 0.6 is 27.3 Å². The molecule has 0 aliphatic rings. The lowest BCUT2D eigenvalue weighted by molar-refractivity contribution is -0.121. The maximum Gasteiger partial charge on any atom is 0.234 e. The molecule has 0 saturated carbocycles. The van der Waals surface area contributed by atoms with Crippen molar-refractivity contribution in [3.63, 3.8) is 0 Å². The van der Waals surface area contributed by atoms with Crippen molar-refractivity contribution in [1.29, 1.82) is 0 Å². The van der Waals surface area contributed by atoms with Gasteiger partial charge in [0.2, 0.25) is 5.91 Å². The quantitative estimate of drug-likeness (QED) is 0.859. The van der Waals surface area contributed by atoms with Crippen LogP contribution in [0.2, 0.25) is 0 Å². The summed E-state index contributed by atoms with van der Waals surface area (Å²) in [6, 6.07) is -0.00546. The van der Waals surface area contributed by atoms with E-state index in [2.05, 4.69) is 26.2 Å². The fourth-order valence-corrected chi connectivity index (χ4v) is 1.78. The normalized spacial score (nSPS) is 14.8. The van der Waals surface area contributed by atoms with E-state index >= 15 is 0 Å². The fraction of sp³-hybridized carbons (Fsp3) is 0.556. The Bertz CT molecular complexity index is 289. The number of nitrogens with one attached hydrogen (secondary N) is 1. The van der Waals surface area contributed by atoms with Crippen molar-refractivity contribution in [2.24, 2.45) is 0 Å². The Hall–Kier alpha value is -0.420. The van der Waals surface area contributed by atoms with E-state index in [9.17, 15) is 4.79 Å². The second kappa shape index (κ2) is 5.46. The number of rotatable bonds is 4. The molecule has 0 aliphatic carbocycles. The van der Waals surface area contributed by atoms with Gasteiger partial charge in [-0.25, -0.2) is 4.98 Å². The van der Waals surface area contributed by atoms with Gasteiger partial charge in [-0.3, -0.25) is 4.79 Å². The molecule has 0 radical (unpaired) electrons. The Balaban J connectivity index is 2.49. The number of hydrogen-bond donors (Lipinski definition) is 1. The van der Waals surface area contributed by atoms with E-state index in [0.717, 1.165) is 11.4 Å². The highest BCUT2D eigenvalue weighted by Crippen LogP contribution is 2.15. The number of thiazole rings is 1. The third-order valence-corrected chi connectivity index (χ3v) is 3.85. The Morgan fingerprint density at radius 1 is 1.79 bits per heavy atom. The molecule has 5 heteroatoms. The predicted octanol–water partition coefficient (Wildman–Crippen LogP) is 2.49. The molecule has 1 rings (SSSR count). The SMILES string of the molecule is CCC(Br)C(=O)NC(C)c1nccs1. The van der Waals surface area contributed by atoms with Gasteiger partial charge in [0, 0.05) is 11.6 Å². The van der Waals surface area contributed by atoms with Crippen LogP contribution < -0.4 is 5.32 Å². The second-order valence-electron chi connectivity index (χ2n) is 2.98. The van der Waals surface area contributed by atoms with Gasteiger partial charge in [-0.2, -0.15) is 0 Å². The highest BCUT2D eigenvalue weighted by molar-refractivity contribution is 9.10. The number of nitrogens with zero attached hydrogens (tertiary/aromatic N) is 1. The minimum Gasteiger partial charge on any atom is -0.346 e. The second-order valence-corrected chi connectivity index (χ2v) is 5.01. The summed E-state index contributed by atoms with van der Waals surface area (Å²) < 4.78 is 0. The van der Waals surface area contributed by atoms with Gasteiger partial charge < -0.3 is 5.32 Å². The van der Waals surface area contributed by atoms with Gasteiger partial charge in [0.1, 0.15) is 5.01 Å². The average molecular weight is 277 g/mol. The first-order chi connectivity index (χ1) is 6.65. The van der Waals surface area contributed by atoms with Crippen LogP contribution in [-0.4, -0.2) is 15.7 Å². The molecule has 0 aromatic carbocycles. The van der Waals surface area contributed by atoms with Gasteiger partial charge >= 0.3 is 0 Å². The molecule has 0 bridgehead atoms. The van der Waals surface area contributed by atoms with Crippen LogP contribution in [-0.2, 0) is 4.79 Å². The maximum atomic E-state index is 11.5. The van der Waals surface area contributed by atoms with E-state index in [1.54, 1.807) is 17.5 Å². The van der Waals surface area contributed by atoms with E-state index in [1.165, 1.54) is 0 Å². The molecule has 1 N–H and O–H groups in total. The first kappa shape index (κ1) is 11.7. The Morgan fingerprint density at radius 3 is 3.00 bits per heavy atom. The van der Waals surface area contributed by atoms with Gasteiger partial charge in [0.15, 0.2) is 0 Å². The molecule has 0 saturated heterocycles. The zero-order valence-corrected chi connectivity index (χ0v) is 10.6. The van der Waals surface area contributed by atoms with Gasteiger partial charge in [0.25, 0.3) is 0 Å². The molecule has 1 aromatic heterocycles. The van der Waals surface area contributed by atoms with Crippen molar-refractivity contribution in [2.45, 2.75) is 31.1 Å². The van der Waals surface area contributed by atoms with Gasteiger partial charge in [-0.05, 0) is 13.3 Å². The van der Waals surface area contributed by atoms with Crippen molar-refractivity contribution >= 4 is 33.2 Å². The van der Waals surface area contributed by atoms with Crippen molar-refractivity contribution < 1.29 is 4.79 Å². The largest absolute Gasteiger partial charge is 0.346 e. The molecule has 78 valence electrons. The third-order valence-electron chi connectivity index (χ3n) is 1.82. The highest BCUT2D eigenvalue weighted by Gasteiger charge is 2.16. The topological polar surface area (TPSA) is 42.0 Å². The molecule has 1 amide bonds. The minimum absolute atomic E-state index is 0.00546. The zero-order valence-electron chi connectivity index (χ0n) is 8.16. The van der Waals surface area contributed by atoms with Gasteiger partial charge in [-0.1, -0.05) is 22.9 Å². The lowest BCUT2D eigenvalue weighted by Crippen LogP contribution is -2.32. The summed E-state index contributed by atoms with van der Waals surface area (Å²) >= 11 is 4.86. The van der Waals surface area contributed by atoms with E-state index in [-0.39, 0.29) is 16.8 Å². The monoisotopic (exact) mass is 276 g/mol. The summed E-state index contributed by atoms with van der Waals surface area (Å²) in [5.41, 5.74) is 0. The molecular weight excluding hydrogens is 264 g/mol. The number of halogens is 1. The lowest BCUT2D eigenvalue weighted by Gasteiger charge is -2.13. The molecule has 1 heterocycles. The number of hydrogen-bond acceptors (Lipinski definition) is 3. The average Bonchev–Trinajstić information content (AvgIpc) is 2.69. The number of amides is 1. The van der Waals surface area contributed by atoms with Gasteiger partial charge in [0.05, 0.1) is 10.9 Å². The van der Waals surface area contributed by atoms with Crippen molar-refractivity contribution in [3.8, 4) is 0 Å². The molecule has 14 heavy (non-hydrogen) atoms. The van der Waals surface area contributed by atoms with Crippen molar-refractivity contribution in [2.75, 3.05) is 0 Å². The molecule has 2 atom stereocenters. The van der Waals surface area contributed by atoms with Crippen molar-refractivity contribution in [1.82, 2.24) is 10.3 Å². The zero-order chi connectivity index (χ0) is 10.6. The number of alkyl halides is 1. The predicted molar refractivity (Wildman–Crippen MR) is 61.7 cm³/mol. The van der Waals surface area contributed by atoms with Crippen LogP contribution in [0, 0.1) is 0 Å². The summed E-state index contributed by atoms with van der Waals surface area (Å²) in [6.07, 6.45) is 2.53. The summed E-state index contributed by atoms with van der Waals surface area (Å²) in [7, 11) is 0. The van der Waals surface area contributed by atoms with E-state index in [4.69, 9.17) is 0 Å². The molecular formula is C9H13BrN2OS. The first-order valence-corrected chi connectivity index (χ1v) is 6.28. The number of carbonyl (C=O) groups is 1. The molecule has 1 aromatic rings. The van der Waals surface area contributed by atoms with Crippen LogP contribution in [0.25, 0.3) is 0 Å². The summed E-state index contributed by atoms with van der Waals surface area (Å²) in [5.74, 6) is 0.0233. The van der Waals surface area contributed by atoms with E-state index < -0.39 is 0 Å². The Kier molecular flexibility index (Phi) is 4.54. The van der Waals surface area contributed by atoms with Crippen LogP contribution in [0.5, 0.6) is 0 Å². The first-order valence-electron chi connectivity index (χ1n) is 4.49. The van der Waals surface area contributed by atoms with Crippen LogP contribution in [0.4, 0.5) is 0 Å². The fourth-order valence-electron chi connectivity index (χ4n) is 0.999. The van der Waals surface area contributed by atoms with Gasteiger partial charge in [-0.15, -0.1) is 11.3 Å². The molecule has 2 unspecified atom stereocenters. The number of aromatic nitrogens is 1. The molecule has 0 fully saturated rings. The minimum atomic E-state index is -0.107. The van der Waals surface area contributed by atoms with Crippen LogP contribution in [0.1, 0.15) is 31.3 Å². The van der Waals surface area contributed by atoms with Crippen molar-refractivity contribution in [3.05, 3.63) is 16.6 Å². The lowest BCUT2D eigenvalue weighted by atomic mass is 10.3. The van der Waals surface area contributed by atoms with Crippen LogP contribution in [0.15, 0.2) is 11.6 Å². The molecule has 0 aliphatic heterocycles. The maximum absolute atomic E-state index is 11.5. The molecule has 3 nitrogen and oxygen atoms in total. The summed E-state index contributed by atoms with van der Waals surface area (Å²) in [4.78, 5) is 15.5. The third kappa shape index (κ3) is 3.06. The van der Waals surface area contributed by atoms with E-state index in [0.29, 0.717) is 0 Å². The highest BCUT2D eigenvalue weighted by atomic mass is 79.9. The smallest absolute Gasteiger partial charge is 0.234 e. The summed E-state index contributed by atoms with van der Waals surface area (Å²) in [5, 5.41) is 5.74. The Labute approximate surface area is 96.1 Å². The molecule has 0 spiro atoms. The standard InChI is InChI=1S/C9H13BrN2OS/c1-3-7(10)8(13)12-6(2)9-11-4-5-14-9/h4-7H,3H2,1-2H3,(H,12,13). The van der Waals surface area contributed by atoms with E-state index in [1.807, 2.05) is 19.2 Å². The number of carbonyl (C=O) groups excluding carboxylic acids is 1.